The van der Waals surface area contributed by atoms with Crippen molar-refractivity contribution >= 4 is 5.78 Å². The molecule has 0 N–H and O–H groups in total. The highest BCUT2D eigenvalue weighted by atomic mass is 16.5. The fraction of sp³-hybridized carbons (Fsp3) is 0.727. The molecule has 0 aromatic rings. The van der Waals surface area contributed by atoms with E-state index in [1.54, 1.807) is 0 Å². The van der Waals surface area contributed by atoms with Gasteiger partial charge in [0, 0.05) is 13.0 Å². The maximum Gasteiger partial charge on any atom is 0.225 e. The number of rotatable bonds is 5. The van der Waals surface area contributed by atoms with Gasteiger partial charge in [-0.2, -0.15) is 0 Å². The lowest BCUT2D eigenvalue weighted by Gasteiger charge is -2.15. The van der Waals surface area contributed by atoms with E-state index < -0.39 is 0 Å². The summed E-state index contributed by atoms with van der Waals surface area (Å²) in [4.78, 5) is 11.9. The molecule has 2 aliphatic rings. The summed E-state index contributed by atoms with van der Waals surface area (Å²) in [5.41, 5.74) is 0. The van der Waals surface area contributed by atoms with Crippen molar-refractivity contribution in [2.24, 2.45) is 5.92 Å². The zero-order valence-corrected chi connectivity index (χ0v) is 8.49. The van der Waals surface area contributed by atoms with Crippen LogP contribution in [0.5, 0.6) is 0 Å². The molecule has 1 aliphatic carbocycles. The average Bonchev–Trinajstić information content (AvgIpc) is 2.88. The minimum absolute atomic E-state index is 0.0480. The molecular weight excluding hydrogens is 180 g/mol. The minimum atomic E-state index is -0.246. The van der Waals surface area contributed by atoms with Gasteiger partial charge in [-0.3, -0.25) is 4.79 Å². The zero-order valence-electron chi connectivity index (χ0n) is 8.49. The Balaban J connectivity index is 1.98. The Morgan fingerprint density at radius 1 is 1.71 bits per heavy atom. The summed E-state index contributed by atoms with van der Waals surface area (Å²) in [6.45, 7) is 3.16. The van der Waals surface area contributed by atoms with E-state index in [0.29, 0.717) is 24.9 Å². The average molecular weight is 196 g/mol. The van der Waals surface area contributed by atoms with Gasteiger partial charge >= 0.3 is 0 Å². The van der Waals surface area contributed by atoms with E-state index in [4.69, 9.17) is 9.47 Å². The van der Waals surface area contributed by atoms with Crippen molar-refractivity contribution in [3.8, 4) is 0 Å². The van der Waals surface area contributed by atoms with Crippen LogP contribution in [0.1, 0.15) is 26.2 Å². The number of Topliss-reactive ketones (excluding diaryl/α,β-unsaturated/α-hetero) is 1. The van der Waals surface area contributed by atoms with Crippen LogP contribution < -0.4 is 0 Å². The molecular formula is C11H16O3. The summed E-state index contributed by atoms with van der Waals surface area (Å²) in [7, 11) is 0. The second-order valence-electron chi connectivity index (χ2n) is 3.78. The Morgan fingerprint density at radius 2 is 2.50 bits per heavy atom. The Kier molecular flexibility index (Phi) is 2.87. The summed E-state index contributed by atoms with van der Waals surface area (Å²) < 4.78 is 10.7. The number of hydrogen-bond acceptors (Lipinski definition) is 3. The van der Waals surface area contributed by atoms with E-state index in [1.165, 1.54) is 0 Å². The summed E-state index contributed by atoms with van der Waals surface area (Å²) in [6.07, 6.45) is 4.71. The maximum atomic E-state index is 11.9. The molecule has 0 aromatic heterocycles. The van der Waals surface area contributed by atoms with E-state index in [9.17, 15) is 4.79 Å². The molecule has 1 saturated carbocycles. The van der Waals surface area contributed by atoms with Gasteiger partial charge in [0.2, 0.25) is 5.78 Å². The first-order chi connectivity index (χ1) is 6.83. The van der Waals surface area contributed by atoms with Crippen LogP contribution in [0.3, 0.4) is 0 Å². The molecule has 1 heterocycles. The van der Waals surface area contributed by atoms with Crippen LogP contribution in [0.2, 0.25) is 0 Å². The van der Waals surface area contributed by atoms with Gasteiger partial charge in [-0.15, -0.1) is 0 Å². The van der Waals surface area contributed by atoms with Crippen LogP contribution in [-0.4, -0.2) is 25.1 Å². The lowest BCUT2D eigenvalue weighted by molar-refractivity contribution is -0.130. The van der Waals surface area contributed by atoms with E-state index in [0.717, 1.165) is 19.3 Å². The molecule has 0 saturated heterocycles. The smallest absolute Gasteiger partial charge is 0.225 e. The van der Waals surface area contributed by atoms with Crippen LogP contribution in [0.4, 0.5) is 0 Å². The van der Waals surface area contributed by atoms with Gasteiger partial charge in [-0.1, -0.05) is 0 Å². The van der Waals surface area contributed by atoms with Gasteiger partial charge in [-0.05, 0) is 31.8 Å². The molecule has 1 unspecified atom stereocenters. The Bertz CT molecular complexity index is 253. The summed E-state index contributed by atoms with van der Waals surface area (Å²) >= 11 is 0. The number of hydrogen-bond donors (Lipinski definition) is 0. The number of ketones is 1. The Hall–Kier alpha value is -0.830. The van der Waals surface area contributed by atoms with Crippen LogP contribution in [0.25, 0.3) is 0 Å². The number of carbonyl (C=O) groups excluding carboxylic acids is 1. The van der Waals surface area contributed by atoms with E-state index in [2.05, 4.69) is 0 Å². The molecule has 2 rings (SSSR count). The van der Waals surface area contributed by atoms with Crippen molar-refractivity contribution in [2.45, 2.75) is 32.3 Å². The largest absolute Gasteiger partial charge is 0.490 e. The van der Waals surface area contributed by atoms with Gasteiger partial charge in [0.1, 0.15) is 6.10 Å². The first-order valence-corrected chi connectivity index (χ1v) is 5.31. The lowest BCUT2D eigenvalue weighted by Crippen LogP contribution is -2.28. The normalized spacial score (nSPS) is 22.8. The monoisotopic (exact) mass is 196 g/mol. The second kappa shape index (κ2) is 4.13. The molecule has 0 aromatic carbocycles. The number of carbonyl (C=O) groups is 1. The lowest BCUT2D eigenvalue weighted by atomic mass is 10.1. The standard InChI is InChI=1S/C11H16O3/c1-2-13-11(8-5-6-8)10(12)9-4-3-7-14-9/h4,8,11H,2-3,5-7H2,1H3. The van der Waals surface area contributed by atoms with Crippen molar-refractivity contribution in [1.82, 2.24) is 0 Å². The van der Waals surface area contributed by atoms with Gasteiger partial charge in [0.15, 0.2) is 5.76 Å². The van der Waals surface area contributed by atoms with Crippen molar-refractivity contribution in [2.75, 3.05) is 13.2 Å². The van der Waals surface area contributed by atoms with E-state index in [-0.39, 0.29) is 11.9 Å². The summed E-state index contributed by atoms with van der Waals surface area (Å²) in [5, 5.41) is 0. The first kappa shape index (κ1) is 9.71. The molecule has 1 aliphatic heterocycles. The van der Waals surface area contributed by atoms with E-state index in [1.807, 2.05) is 13.0 Å². The molecule has 0 radical (unpaired) electrons. The van der Waals surface area contributed by atoms with Crippen LogP contribution in [0, 0.1) is 5.92 Å². The highest BCUT2D eigenvalue weighted by Crippen LogP contribution is 2.36. The SMILES string of the molecule is CCOC(C(=O)C1=CCCO1)C1CC1. The van der Waals surface area contributed by atoms with Gasteiger partial charge < -0.3 is 9.47 Å². The molecule has 0 bridgehead atoms. The number of ether oxygens (including phenoxy) is 2. The third-order valence-corrected chi connectivity index (χ3v) is 2.60. The summed E-state index contributed by atoms with van der Waals surface area (Å²) in [5.74, 6) is 1.01. The molecule has 1 atom stereocenters. The van der Waals surface area contributed by atoms with Gasteiger partial charge in [0.25, 0.3) is 0 Å². The topological polar surface area (TPSA) is 35.5 Å². The highest BCUT2D eigenvalue weighted by Gasteiger charge is 2.38. The molecule has 3 nitrogen and oxygen atoms in total. The fourth-order valence-corrected chi connectivity index (χ4v) is 1.73. The second-order valence-corrected chi connectivity index (χ2v) is 3.78. The Labute approximate surface area is 84.1 Å². The molecule has 3 heteroatoms. The predicted molar refractivity (Wildman–Crippen MR) is 51.8 cm³/mol. The summed E-state index contributed by atoms with van der Waals surface area (Å²) in [6, 6.07) is 0. The quantitative estimate of drug-likeness (QED) is 0.671. The van der Waals surface area contributed by atoms with Crippen molar-refractivity contribution in [3.63, 3.8) is 0 Å². The van der Waals surface area contributed by atoms with Crippen LogP contribution >= 0.6 is 0 Å². The molecule has 14 heavy (non-hydrogen) atoms. The maximum absolute atomic E-state index is 11.9. The third-order valence-electron chi connectivity index (χ3n) is 2.60. The Morgan fingerprint density at radius 3 is 3.00 bits per heavy atom. The predicted octanol–water partition coefficient (Wildman–Crippen LogP) is 1.67. The van der Waals surface area contributed by atoms with E-state index >= 15 is 0 Å². The highest BCUT2D eigenvalue weighted by molar-refractivity contribution is 5.97. The van der Waals surface area contributed by atoms with Crippen molar-refractivity contribution < 1.29 is 14.3 Å². The molecule has 0 spiro atoms. The third kappa shape index (κ3) is 1.98. The molecule has 1 fully saturated rings. The first-order valence-electron chi connectivity index (χ1n) is 5.31. The van der Waals surface area contributed by atoms with Gasteiger partial charge in [0.05, 0.1) is 6.61 Å². The van der Waals surface area contributed by atoms with Crippen molar-refractivity contribution in [1.29, 1.82) is 0 Å². The minimum Gasteiger partial charge on any atom is -0.490 e. The van der Waals surface area contributed by atoms with Crippen molar-refractivity contribution in [3.05, 3.63) is 11.8 Å². The van der Waals surface area contributed by atoms with Crippen LogP contribution in [0.15, 0.2) is 11.8 Å². The van der Waals surface area contributed by atoms with Crippen LogP contribution in [-0.2, 0) is 14.3 Å². The zero-order chi connectivity index (χ0) is 9.97. The molecule has 78 valence electrons. The fourth-order valence-electron chi connectivity index (χ4n) is 1.73. The molecule has 0 amide bonds. The van der Waals surface area contributed by atoms with Gasteiger partial charge in [-0.25, -0.2) is 0 Å².